The molecule has 3 N–H and O–H groups in total. The Morgan fingerprint density at radius 3 is 2.55 bits per heavy atom. The van der Waals surface area contributed by atoms with Crippen LogP contribution in [0.15, 0.2) is 24.3 Å². The molecule has 0 amide bonds. The lowest BCUT2D eigenvalue weighted by molar-refractivity contribution is -0.137. The van der Waals surface area contributed by atoms with Crippen LogP contribution in [-0.4, -0.2) is 51.0 Å². The Bertz CT molecular complexity index is 746. The van der Waals surface area contributed by atoms with E-state index in [9.17, 15) is 13.2 Å². The monoisotopic (exact) mass is 454 g/mol. The van der Waals surface area contributed by atoms with Crippen LogP contribution in [0.25, 0.3) is 0 Å². The molecule has 1 atom stereocenters. The van der Waals surface area contributed by atoms with Gasteiger partial charge in [-0.2, -0.15) is 0 Å². The molecule has 2 rings (SSSR count). The van der Waals surface area contributed by atoms with Gasteiger partial charge in [-0.1, -0.05) is 31.9 Å². The maximum absolute atomic E-state index is 12.2. The van der Waals surface area contributed by atoms with Gasteiger partial charge in [0.2, 0.25) is 10.0 Å². The Balaban J connectivity index is 1.76. The molecule has 1 aliphatic rings. The molecule has 176 valence electrons. The molecule has 7 nitrogen and oxygen atoms in total. The van der Waals surface area contributed by atoms with Crippen molar-refractivity contribution >= 4 is 16.0 Å². The van der Waals surface area contributed by atoms with E-state index in [4.69, 9.17) is 9.84 Å². The Morgan fingerprint density at radius 2 is 1.90 bits per heavy atom. The van der Waals surface area contributed by atoms with Crippen LogP contribution >= 0.6 is 0 Å². The van der Waals surface area contributed by atoms with Crippen LogP contribution in [0.5, 0.6) is 5.75 Å². The van der Waals surface area contributed by atoms with E-state index in [2.05, 4.69) is 10.0 Å². The summed E-state index contributed by atoms with van der Waals surface area (Å²) < 4.78 is 32.7. The minimum atomic E-state index is -3.48. The smallest absolute Gasteiger partial charge is 0.304 e. The molecule has 1 aromatic rings. The van der Waals surface area contributed by atoms with Crippen molar-refractivity contribution in [3.05, 3.63) is 29.8 Å². The van der Waals surface area contributed by atoms with E-state index in [1.54, 1.807) is 0 Å². The van der Waals surface area contributed by atoms with Gasteiger partial charge in [0, 0.05) is 6.04 Å². The van der Waals surface area contributed by atoms with Gasteiger partial charge in [-0.15, -0.1) is 0 Å². The minimum absolute atomic E-state index is 0.0179. The molecule has 0 aliphatic carbocycles. The van der Waals surface area contributed by atoms with Gasteiger partial charge in [-0.3, -0.25) is 4.79 Å². The summed E-state index contributed by atoms with van der Waals surface area (Å²) in [6.07, 6.45) is 7.44. The number of carboxylic acid groups (broad SMARTS) is 1. The molecule has 0 bridgehead atoms. The van der Waals surface area contributed by atoms with Gasteiger partial charge < -0.3 is 15.2 Å². The molecule has 0 aromatic heterocycles. The van der Waals surface area contributed by atoms with Crippen LogP contribution in [0.1, 0.15) is 63.9 Å². The fourth-order valence-electron chi connectivity index (χ4n) is 3.92. The highest BCUT2D eigenvalue weighted by Crippen LogP contribution is 2.19. The summed E-state index contributed by atoms with van der Waals surface area (Å²) in [7, 11) is -3.48. The maximum Gasteiger partial charge on any atom is 0.304 e. The maximum atomic E-state index is 12.2. The van der Waals surface area contributed by atoms with Crippen molar-refractivity contribution in [3.8, 4) is 5.75 Å². The summed E-state index contributed by atoms with van der Waals surface area (Å²) in [5.41, 5.74) is 0.877. The molecular formula is C23H38N2O5S. The zero-order chi connectivity index (χ0) is 22.5. The van der Waals surface area contributed by atoms with Gasteiger partial charge in [0.15, 0.2) is 0 Å². The van der Waals surface area contributed by atoms with Crippen molar-refractivity contribution < 1.29 is 23.1 Å². The molecule has 0 spiro atoms. The first-order valence-corrected chi connectivity index (χ1v) is 13.2. The van der Waals surface area contributed by atoms with E-state index in [1.807, 2.05) is 31.2 Å². The zero-order valence-electron chi connectivity index (χ0n) is 18.6. The predicted molar refractivity (Wildman–Crippen MR) is 123 cm³/mol. The number of carbonyl (C=O) groups is 1. The molecular weight excluding hydrogens is 416 g/mol. The largest absolute Gasteiger partial charge is 0.494 e. The first kappa shape index (κ1) is 25.6. The number of aliphatic carboxylic acids is 1. The molecule has 1 aliphatic heterocycles. The third-order valence-electron chi connectivity index (χ3n) is 5.67. The molecule has 1 unspecified atom stereocenters. The minimum Gasteiger partial charge on any atom is -0.494 e. The van der Waals surface area contributed by atoms with Crippen molar-refractivity contribution in [1.29, 1.82) is 0 Å². The van der Waals surface area contributed by atoms with Gasteiger partial charge in [0.1, 0.15) is 5.75 Å². The van der Waals surface area contributed by atoms with Crippen LogP contribution in [0.2, 0.25) is 0 Å². The summed E-state index contributed by atoms with van der Waals surface area (Å²) in [5, 5.41) is 12.5. The Hall–Kier alpha value is -1.64. The quantitative estimate of drug-likeness (QED) is 0.351. The third kappa shape index (κ3) is 11.0. The van der Waals surface area contributed by atoms with Crippen molar-refractivity contribution in [3.63, 3.8) is 0 Å². The number of unbranched alkanes of at least 4 members (excludes halogenated alkanes) is 2. The number of rotatable bonds is 15. The summed E-state index contributed by atoms with van der Waals surface area (Å²) in [6.45, 7) is 4.88. The van der Waals surface area contributed by atoms with E-state index in [1.165, 1.54) is 25.7 Å². The van der Waals surface area contributed by atoms with Gasteiger partial charge in [0.05, 0.1) is 18.8 Å². The average Bonchev–Trinajstić information content (AvgIpc) is 2.73. The molecule has 1 heterocycles. The Labute approximate surface area is 187 Å². The summed E-state index contributed by atoms with van der Waals surface area (Å²) in [5.74, 6) is 0.625. The van der Waals surface area contributed by atoms with Gasteiger partial charge in [-0.05, 0) is 75.2 Å². The number of ether oxygens (including phenoxy) is 1. The summed E-state index contributed by atoms with van der Waals surface area (Å²) in [6, 6.07) is 6.82. The molecule has 0 radical (unpaired) electrons. The van der Waals surface area contributed by atoms with Crippen LogP contribution in [0, 0.1) is 5.92 Å². The first-order valence-electron chi connectivity index (χ1n) is 11.5. The first-order chi connectivity index (χ1) is 14.9. The Kier molecular flexibility index (Phi) is 11.3. The van der Waals surface area contributed by atoms with Gasteiger partial charge in [-0.25, -0.2) is 13.1 Å². The molecule has 31 heavy (non-hydrogen) atoms. The van der Waals surface area contributed by atoms with Crippen molar-refractivity contribution in [2.75, 3.05) is 25.4 Å². The molecule has 1 saturated heterocycles. The molecule has 0 saturated carbocycles. The third-order valence-corrected chi connectivity index (χ3v) is 7.19. The second-order valence-electron chi connectivity index (χ2n) is 8.47. The molecule has 1 aromatic carbocycles. The van der Waals surface area contributed by atoms with Crippen LogP contribution in [-0.2, 0) is 21.2 Å². The standard InChI is InChI=1S/C23H38N2O5S/c1-2-3-16-31(28,29)25-21(18-23(26)27)17-20-7-9-22(10-8-20)30-15-5-4-6-19-11-13-24-14-12-19/h7-10,19,21,24-25H,2-6,11-18H2,1H3,(H,26,27). The number of sulfonamides is 1. The van der Waals surface area contributed by atoms with E-state index in [-0.39, 0.29) is 12.2 Å². The second kappa shape index (κ2) is 13.7. The number of nitrogens with one attached hydrogen (secondary N) is 2. The van der Waals surface area contributed by atoms with Crippen molar-refractivity contribution in [1.82, 2.24) is 10.0 Å². The van der Waals surface area contributed by atoms with E-state index >= 15 is 0 Å². The van der Waals surface area contributed by atoms with E-state index < -0.39 is 22.0 Å². The topological polar surface area (TPSA) is 105 Å². The van der Waals surface area contributed by atoms with Gasteiger partial charge >= 0.3 is 5.97 Å². The van der Waals surface area contributed by atoms with Crippen LogP contribution < -0.4 is 14.8 Å². The van der Waals surface area contributed by atoms with E-state index in [0.717, 1.165) is 43.2 Å². The zero-order valence-corrected chi connectivity index (χ0v) is 19.5. The molecule has 1 fully saturated rings. The highest BCUT2D eigenvalue weighted by molar-refractivity contribution is 7.89. The highest BCUT2D eigenvalue weighted by atomic mass is 32.2. The van der Waals surface area contributed by atoms with E-state index in [0.29, 0.717) is 19.4 Å². The lowest BCUT2D eigenvalue weighted by atomic mass is 9.93. The number of piperidine rings is 1. The summed E-state index contributed by atoms with van der Waals surface area (Å²) >= 11 is 0. The average molecular weight is 455 g/mol. The fourth-order valence-corrected chi connectivity index (χ4v) is 5.38. The fraction of sp³-hybridized carbons (Fsp3) is 0.696. The lowest BCUT2D eigenvalue weighted by Crippen LogP contribution is -2.39. The predicted octanol–water partition coefficient (Wildman–Crippen LogP) is 3.34. The van der Waals surface area contributed by atoms with Crippen molar-refractivity contribution in [2.45, 2.75) is 70.8 Å². The number of carboxylic acids is 1. The Morgan fingerprint density at radius 1 is 1.19 bits per heavy atom. The van der Waals surface area contributed by atoms with Crippen LogP contribution in [0.3, 0.4) is 0 Å². The number of hydrogen-bond donors (Lipinski definition) is 3. The number of hydrogen-bond acceptors (Lipinski definition) is 5. The highest BCUT2D eigenvalue weighted by Gasteiger charge is 2.20. The van der Waals surface area contributed by atoms with Crippen LogP contribution in [0.4, 0.5) is 0 Å². The number of benzene rings is 1. The van der Waals surface area contributed by atoms with Gasteiger partial charge in [0.25, 0.3) is 0 Å². The van der Waals surface area contributed by atoms with Crippen molar-refractivity contribution in [2.24, 2.45) is 5.92 Å². The second-order valence-corrected chi connectivity index (χ2v) is 10.3. The summed E-state index contributed by atoms with van der Waals surface area (Å²) in [4.78, 5) is 11.2. The molecule has 8 heteroatoms. The SMILES string of the molecule is CCCCS(=O)(=O)NC(CC(=O)O)Cc1ccc(OCCCCC2CCNCC2)cc1. The normalized spacial score (nSPS) is 16.2. The lowest BCUT2D eigenvalue weighted by Gasteiger charge is -2.22.